The van der Waals surface area contributed by atoms with E-state index in [1.54, 1.807) is 0 Å². The first-order valence-electron chi connectivity index (χ1n) is 6.50. The molecule has 0 saturated heterocycles. The summed E-state index contributed by atoms with van der Waals surface area (Å²) >= 11 is 0. The lowest BCUT2D eigenvalue weighted by atomic mass is 9.87. The topological polar surface area (TPSA) is 37.3 Å². The van der Waals surface area contributed by atoms with E-state index in [0.717, 1.165) is 31.2 Å². The van der Waals surface area contributed by atoms with Gasteiger partial charge in [0, 0.05) is 0 Å². The zero-order valence-electron chi connectivity index (χ0n) is 11.3. The highest BCUT2D eigenvalue weighted by Crippen LogP contribution is 2.26. The van der Waals surface area contributed by atoms with Crippen LogP contribution in [0.5, 0.6) is 0 Å². The molecular weight excluding hydrogens is 212 g/mol. The molecule has 0 fully saturated rings. The number of hydrogen-bond donors (Lipinski definition) is 1. The lowest BCUT2D eigenvalue weighted by Crippen LogP contribution is -2.10. The molecule has 0 aliphatic heterocycles. The van der Waals surface area contributed by atoms with Crippen molar-refractivity contribution in [3.05, 3.63) is 33.9 Å². The second kappa shape index (κ2) is 5.85. The summed E-state index contributed by atoms with van der Waals surface area (Å²) in [6.07, 6.45) is 3.60. The number of benzene rings is 1. The average molecular weight is 234 g/mol. The molecule has 17 heavy (non-hydrogen) atoms. The Hall–Kier alpha value is -1.31. The zero-order valence-corrected chi connectivity index (χ0v) is 11.3. The second-order valence-corrected chi connectivity index (χ2v) is 4.24. The summed E-state index contributed by atoms with van der Waals surface area (Å²) in [6.45, 7) is 8.38. The van der Waals surface area contributed by atoms with Crippen molar-refractivity contribution < 1.29 is 9.90 Å². The number of hydrogen-bond acceptors (Lipinski definition) is 1. The number of aromatic carboxylic acids is 1. The molecule has 0 saturated carbocycles. The van der Waals surface area contributed by atoms with E-state index in [4.69, 9.17) is 0 Å². The summed E-state index contributed by atoms with van der Waals surface area (Å²) in [6, 6.07) is 1.87. The van der Waals surface area contributed by atoms with Crippen LogP contribution in [0.25, 0.3) is 0 Å². The molecule has 0 spiro atoms. The predicted octanol–water partition coefficient (Wildman–Crippen LogP) is 3.63. The third-order valence-electron chi connectivity index (χ3n) is 3.43. The van der Waals surface area contributed by atoms with E-state index in [-0.39, 0.29) is 0 Å². The van der Waals surface area contributed by atoms with E-state index in [1.807, 2.05) is 13.0 Å². The molecule has 2 heteroatoms. The quantitative estimate of drug-likeness (QED) is 0.844. The van der Waals surface area contributed by atoms with Crippen LogP contribution in [0.2, 0.25) is 0 Å². The molecule has 0 radical (unpaired) electrons. The van der Waals surface area contributed by atoms with Crippen LogP contribution < -0.4 is 0 Å². The van der Waals surface area contributed by atoms with Crippen molar-refractivity contribution in [1.29, 1.82) is 0 Å². The summed E-state index contributed by atoms with van der Waals surface area (Å²) in [7, 11) is 0. The largest absolute Gasteiger partial charge is 0.478 e. The van der Waals surface area contributed by atoms with Gasteiger partial charge in [0.1, 0.15) is 0 Å². The minimum Gasteiger partial charge on any atom is -0.478 e. The van der Waals surface area contributed by atoms with Crippen LogP contribution in [0, 0.1) is 0 Å². The van der Waals surface area contributed by atoms with Gasteiger partial charge in [-0.25, -0.2) is 4.79 Å². The monoisotopic (exact) mass is 234 g/mol. The number of rotatable bonds is 5. The van der Waals surface area contributed by atoms with Crippen LogP contribution in [0.3, 0.4) is 0 Å². The molecule has 0 aliphatic carbocycles. The van der Waals surface area contributed by atoms with Gasteiger partial charge in [-0.15, -0.1) is 0 Å². The number of carboxylic acids is 1. The van der Waals surface area contributed by atoms with Crippen LogP contribution in [0.1, 0.15) is 60.3 Å². The predicted molar refractivity (Wildman–Crippen MR) is 70.9 cm³/mol. The van der Waals surface area contributed by atoms with Crippen molar-refractivity contribution in [2.75, 3.05) is 0 Å². The number of carbonyl (C=O) groups is 1. The average Bonchev–Trinajstić information content (AvgIpc) is 2.35. The number of carboxylic acid groups (broad SMARTS) is 1. The van der Waals surface area contributed by atoms with Gasteiger partial charge >= 0.3 is 5.97 Å². The van der Waals surface area contributed by atoms with Gasteiger partial charge in [-0.2, -0.15) is 0 Å². The van der Waals surface area contributed by atoms with E-state index >= 15 is 0 Å². The Labute approximate surface area is 104 Å². The van der Waals surface area contributed by atoms with Crippen molar-refractivity contribution in [2.24, 2.45) is 0 Å². The van der Waals surface area contributed by atoms with Gasteiger partial charge in [0.2, 0.25) is 0 Å². The van der Waals surface area contributed by atoms with E-state index in [9.17, 15) is 9.90 Å². The molecule has 1 N–H and O–H groups in total. The molecule has 0 amide bonds. The van der Waals surface area contributed by atoms with Gasteiger partial charge in [-0.05, 0) is 54.0 Å². The van der Waals surface area contributed by atoms with Gasteiger partial charge in [0.25, 0.3) is 0 Å². The molecule has 1 rings (SSSR count). The third kappa shape index (κ3) is 2.51. The first-order chi connectivity index (χ1) is 8.10. The smallest absolute Gasteiger partial charge is 0.335 e. The molecule has 0 heterocycles. The van der Waals surface area contributed by atoms with Crippen molar-refractivity contribution in [2.45, 2.75) is 53.4 Å². The summed E-state index contributed by atoms with van der Waals surface area (Å²) < 4.78 is 0. The molecule has 0 unspecified atom stereocenters. The Morgan fingerprint density at radius 2 is 1.47 bits per heavy atom. The summed E-state index contributed by atoms with van der Waals surface area (Å²) in [5, 5.41) is 9.30. The summed E-state index contributed by atoms with van der Waals surface area (Å²) in [5.41, 5.74) is 5.33. The molecule has 0 atom stereocenters. The first-order valence-corrected chi connectivity index (χ1v) is 6.50. The molecular formula is C15H22O2. The molecule has 1 aromatic rings. The van der Waals surface area contributed by atoms with Gasteiger partial charge in [0.15, 0.2) is 0 Å². The maximum Gasteiger partial charge on any atom is 0.335 e. The molecule has 0 aromatic heterocycles. The van der Waals surface area contributed by atoms with Crippen LogP contribution in [-0.4, -0.2) is 11.1 Å². The van der Waals surface area contributed by atoms with Crippen LogP contribution >= 0.6 is 0 Å². The van der Waals surface area contributed by atoms with Gasteiger partial charge < -0.3 is 5.11 Å². The van der Waals surface area contributed by atoms with E-state index in [2.05, 4.69) is 20.8 Å². The Kier molecular flexibility index (Phi) is 4.73. The van der Waals surface area contributed by atoms with Gasteiger partial charge in [0.05, 0.1) is 5.56 Å². The van der Waals surface area contributed by atoms with Crippen molar-refractivity contribution in [1.82, 2.24) is 0 Å². The summed E-state index contributed by atoms with van der Waals surface area (Å²) in [4.78, 5) is 11.3. The standard InChI is InChI=1S/C15H22O2/c1-5-10-9-14(15(16)17)13(8-4)12(7-3)11(10)6-2/h9H,5-8H2,1-4H3,(H,16,17). The van der Waals surface area contributed by atoms with E-state index in [1.165, 1.54) is 16.7 Å². The van der Waals surface area contributed by atoms with Crippen molar-refractivity contribution >= 4 is 5.97 Å². The maximum absolute atomic E-state index is 11.3. The van der Waals surface area contributed by atoms with Crippen molar-refractivity contribution in [3.8, 4) is 0 Å². The lowest BCUT2D eigenvalue weighted by molar-refractivity contribution is 0.0695. The first kappa shape index (κ1) is 13.8. The molecule has 1 aromatic carbocycles. The Bertz CT molecular complexity index is 419. The van der Waals surface area contributed by atoms with Crippen LogP contribution in [0.4, 0.5) is 0 Å². The Morgan fingerprint density at radius 1 is 0.941 bits per heavy atom. The Balaban J connectivity index is 3.60. The minimum atomic E-state index is -0.797. The zero-order chi connectivity index (χ0) is 13.0. The van der Waals surface area contributed by atoms with Crippen molar-refractivity contribution in [3.63, 3.8) is 0 Å². The van der Waals surface area contributed by atoms with Crippen LogP contribution in [-0.2, 0) is 25.7 Å². The maximum atomic E-state index is 11.3. The fraction of sp³-hybridized carbons (Fsp3) is 0.533. The Morgan fingerprint density at radius 3 is 1.82 bits per heavy atom. The number of aryl methyl sites for hydroxylation is 1. The third-order valence-corrected chi connectivity index (χ3v) is 3.43. The normalized spacial score (nSPS) is 10.6. The van der Waals surface area contributed by atoms with E-state index < -0.39 is 5.97 Å². The summed E-state index contributed by atoms with van der Waals surface area (Å²) in [5.74, 6) is -0.797. The highest BCUT2D eigenvalue weighted by molar-refractivity contribution is 5.90. The lowest BCUT2D eigenvalue weighted by Gasteiger charge is -2.18. The fourth-order valence-electron chi connectivity index (χ4n) is 2.66. The van der Waals surface area contributed by atoms with Gasteiger partial charge in [-0.1, -0.05) is 27.7 Å². The highest BCUT2D eigenvalue weighted by Gasteiger charge is 2.17. The SMILES string of the molecule is CCc1cc(C(=O)O)c(CC)c(CC)c1CC. The molecule has 0 bridgehead atoms. The highest BCUT2D eigenvalue weighted by atomic mass is 16.4. The van der Waals surface area contributed by atoms with Gasteiger partial charge in [-0.3, -0.25) is 0 Å². The molecule has 2 nitrogen and oxygen atoms in total. The molecule has 0 aliphatic rings. The fourth-order valence-corrected chi connectivity index (χ4v) is 2.66. The van der Waals surface area contributed by atoms with Crippen LogP contribution in [0.15, 0.2) is 6.07 Å². The minimum absolute atomic E-state index is 0.499. The van der Waals surface area contributed by atoms with E-state index in [0.29, 0.717) is 5.56 Å². The molecule has 94 valence electrons. The second-order valence-electron chi connectivity index (χ2n) is 4.24.